The van der Waals surface area contributed by atoms with E-state index in [4.69, 9.17) is 0 Å². The molecule has 0 aliphatic heterocycles. The normalized spacial score (nSPS) is 12.2. The van der Waals surface area contributed by atoms with Crippen LogP contribution in [0.2, 0.25) is 0 Å². The standard InChI is InChI=1S/C16H17F2N/c1-2-6-16(12-7-4-3-5-8-12)19-15-10-13(17)9-14(18)11-15/h3-5,7-11,16,19H,2,6H2,1H3. The van der Waals surface area contributed by atoms with Crippen LogP contribution in [0.3, 0.4) is 0 Å². The first-order valence-electron chi connectivity index (χ1n) is 6.46. The molecule has 3 heteroatoms. The van der Waals surface area contributed by atoms with E-state index in [2.05, 4.69) is 12.2 Å². The summed E-state index contributed by atoms with van der Waals surface area (Å²) in [7, 11) is 0. The van der Waals surface area contributed by atoms with Crippen molar-refractivity contribution in [3.8, 4) is 0 Å². The third kappa shape index (κ3) is 3.78. The molecule has 0 saturated carbocycles. The van der Waals surface area contributed by atoms with Gasteiger partial charge in [0.05, 0.1) is 6.04 Å². The van der Waals surface area contributed by atoms with E-state index in [-0.39, 0.29) is 6.04 Å². The van der Waals surface area contributed by atoms with Crippen LogP contribution in [0.15, 0.2) is 48.5 Å². The molecule has 0 amide bonds. The average Bonchev–Trinajstić information content (AvgIpc) is 2.38. The molecule has 0 spiro atoms. The highest BCUT2D eigenvalue weighted by atomic mass is 19.1. The molecule has 0 fully saturated rings. The maximum atomic E-state index is 13.2. The molecule has 2 aromatic rings. The third-order valence-corrected chi connectivity index (χ3v) is 2.98. The molecule has 0 heterocycles. The number of nitrogens with one attached hydrogen (secondary N) is 1. The number of rotatable bonds is 5. The lowest BCUT2D eigenvalue weighted by atomic mass is 10.0. The summed E-state index contributed by atoms with van der Waals surface area (Å²) < 4.78 is 26.4. The summed E-state index contributed by atoms with van der Waals surface area (Å²) in [5.74, 6) is -1.13. The lowest BCUT2D eigenvalue weighted by Gasteiger charge is -2.20. The molecule has 0 bridgehead atoms. The predicted molar refractivity (Wildman–Crippen MR) is 74.1 cm³/mol. The fraction of sp³-hybridized carbons (Fsp3) is 0.250. The fourth-order valence-electron chi connectivity index (χ4n) is 2.13. The molecule has 0 aliphatic carbocycles. The molecule has 19 heavy (non-hydrogen) atoms. The van der Waals surface area contributed by atoms with Crippen LogP contribution < -0.4 is 5.32 Å². The van der Waals surface area contributed by atoms with Crippen molar-refractivity contribution in [3.05, 3.63) is 65.7 Å². The molecule has 1 unspecified atom stereocenters. The summed E-state index contributed by atoms with van der Waals surface area (Å²) in [5, 5.41) is 3.20. The largest absolute Gasteiger partial charge is 0.378 e. The van der Waals surface area contributed by atoms with Gasteiger partial charge in [0.25, 0.3) is 0 Å². The van der Waals surface area contributed by atoms with Crippen LogP contribution >= 0.6 is 0 Å². The molecule has 0 aliphatic rings. The maximum absolute atomic E-state index is 13.2. The minimum absolute atomic E-state index is 0.0624. The van der Waals surface area contributed by atoms with E-state index >= 15 is 0 Å². The summed E-state index contributed by atoms with van der Waals surface area (Å²) >= 11 is 0. The van der Waals surface area contributed by atoms with Crippen LogP contribution in [-0.2, 0) is 0 Å². The second-order valence-corrected chi connectivity index (χ2v) is 4.55. The smallest absolute Gasteiger partial charge is 0.128 e. The third-order valence-electron chi connectivity index (χ3n) is 2.98. The minimum atomic E-state index is -0.564. The monoisotopic (exact) mass is 261 g/mol. The number of benzene rings is 2. The van der Waals surface area contributed by atoms with Crippen molar-refractivity contribution in [1.82, 2.24) is 0 Å². The minimum Gasteiger partial charge on any atom is -0.378 e. The van der Waals surface area contributed by atoms with Crippen LogP contribution in [-0.4, -0.2) is 0 Å². The van der Waals surface area contributed by atoms with Gasteiger partial charge in [-0.05, 0) is 24.1 Å². The number of hydrogen-bond donors (Lipinski definition) is 1. The van der Waals surface area contributed by atoms with Crippen molar-refractivity contribution >= 4 is 5.69 Å². The molecule has 1 atom stereocenters. The first-order valence-corrected chi connectivity index (χ1v) is 6.46. The van der Waals surface area contributed by atoms with E-state index in [1.54, 1.807) is 0 Å². The number of halogens is 2. The zero-order chi connectivity index (χ0) is 13.7. The summed E-state index contributed by atoms with van der Waals surface area (Å²) in [6.07, 6.45) is 1.90. The van der Waals surface area contributed by atoms with E-state index < -0.39 is 11.6 Å². The second kappa shape index (κ2) is 6.32. The van der Waals surface area contributed by atoms with E-state index in [9.17, 15) is 8.78 Å². The van der Waals surface area contributed by atoms with Gasteiger partial charge in [0.15, 0.2) is 0 Å². The van der Waals surface area contributed by atoms with Gasteiger partial charge in [0.1, 0.15) is 11.6 Å². The average molecular weight is 261 g/mol. The zero-order valence-corrected chi connectivity index (χ0v) is 10.9. The molecule has 1 nitrogen and oxygen atoms in total. The molecule has 0 saturated heterocycles. The van der Waals surface area contributed by atoms with E-state index in [0.29, 0.717) is 5.69 Å². The Morgan fingerprint density at radius 1 is 1.00 bits per heavy atom. The van der Waals surface area contributed by atoms with Gasteiger partial charge in [0, 0.05) is 11.8 Å². The van der Waals surface area contributed by atoms with E-state index in [1.807, 2.05) is 30.3 Å². The van der Waals surface area contributed by atoms with Gasteiger partial charge in [0.2, 0.25) is 0 Å². The summed E-state index contributed by atoms with van der Waals surface area (Å²) in [5.41, 5.74) is 1.59. The molecule has 1 N–H and O–H groups in total. The number of anilines is 1. The van der Waals surface area contributed by atoms with Crippen molar-refractivity contribution < 1.29 is 8.78 Å². The van der Waals surface area contributed by atoms with Crippen molar-refractivity contribution in [1.29, 1.82) is 0 Å². The first-order chi connectivity index (χ1) is 9.19. The van der Waals surface area contributed by atoms with Gasteiger partial charge in [-0.3, -0.25) is 0 Å². The van der Waals surface area contributed by atoms with Crippen LogP contribution in [0.25, 0.3) is 0 Å². The Hall–Kier alpha value is -1.90. The van der Waals surface area contributed by atoms with Gasteiger partial charge in [-0.15, -0.1) is 0 Å². The van der Waals surface area contributed by atoms with Crippen molar-refractivity contribution in [3.63, 3.8) is 0 Å². The molecular formula is C16H17F2N. The van der Waals surface area contributed by atoms with Gasteiger partial charge in [-0.25, -0.2) is 8.78 Å². The molecule has 2 aromatic carbocycles. The molecule has 2 rings (SSSR count). The highest BCUT2D eigenvalue weighted by molar-refractivity contribution is 5.46. The Kier molecular flexibility index (Phi) is 4.50. The quantitative estimate of drug-likeness (QED) is 0.805. The lowest BCUT2D eigenvalue weighted by molar-refractivity contribution is 0.582. The van der Waals surface area contributed by atoms with Crippen molar-refractivity contribution in [2.75, 3.05) is 5.32 Å². The van der Waals surface area contributed by atoms with E-state index in [1.165, 1.54) is 12.1 Å². The van der Waals surface area contributed by atoms with E-state index in [0.717, 1.165) is 24.5 Å². The van der Waals surface area contributed by atoms with Gasteiger partial charge in [-0.1, -0.05) is 43.7 Å². The van der Waals surface area contributed by atoms with Gasteiger partial charge in [-0.2, -0.15) is 0 Å². The number of hydrogen-bond acceptors (Lipinski definition) is 1. The summed E-state index contributed by atoms with van der Waals surface area (Å²) in [6.45, 7) is 2.09. The highest BCUT2D eigenvalue weighted by Crippen LogP contribution is 2.24. The van der Waals surface area contributed by atoms with Crippen LogP contribution in [0.1, 0.15) is 31.4 Å². The molecular weight excluding hydrogens is 244 g/mol. The molecule has 0 radical (unpaired) electrons. The summed E-state index contributed by atoms with van der Waals surface area (Å²) in [6, 6.07) is 13.5. The van der Waals surface area contributed by atoms with Crippen LogP contribution in [0.5, 0.6) is 0 Å². The van der Waals surface area contributed by atoms with Crippen LogP contribution in [0.4, 0.5) is 14.5 Å². The summed E-state index contributed by atoms with van der Waals surface area (Å²) in [4.78, 5) is 0. The predicted octanol–water partition coefficient (Wildman–Crippen LogP) is 4.92. The second-order valence-electron chi connectivity index (χ2n) is 4.55. The lowest BCUT2D eigenvalue weighted by Crippen LogP contribution is -2.10. The first kappa shape index (κ1) is 13.5. The van der Waals surface area contributed by atoms with Crippen LogP contribution in [0, 0.1) is 11.6 Å². The molecule has 100 valence electrons. The zero-order valence-electron chi connectivity index (χ0n) is 10.9. The van der Waals surface area contributed by atoms with Gasteiger partial charge >= 0.3 is 0 Å². The Morgan fingerprint density at radius 3 is 2.21 bits per heavy atom. The Labute approximate surface area is 112 Å². The fourth-order valence-corrected chi connectivity index (χ4v) is 2.13. The maximum Gasteiger partial charge on any atom is 0.128 e. The Bertz CT molecular complexity index is 505. The van der Waals surface area contributed by atoms with Crippen molar-refractivity contribution in [2.24, 2.45) is 0 Å². The van der Waals surface area contributed by atoms with Crippen molar-refractivity contribution in [2.45, 2.75) is 25.8 Å². The Balaban J connectivity index is 2.21. The SMILES string of the molecule is CCCC(Nc1cc(F)cc(F)c1)c1ccccc1. The molecule has 0 aromatic heterocycles. The topological polar surface area (TPSA) is 12.0 Å². The highest BCUT2D eigenvalue weighted by Gasteiger charge is 2.11. The van der Waals surface area contributed by atoms with Gasteiger partial charge < -0.3 is 5.32 Å². The Morgan fingerprint density at radius 2 is 1.63 bits per heavy atom.